The smallest absolute Gasteiger partial charge is 0.123 e. The van der Waals surface area contributed by atoms with Crippen LogP contribution in [0, 0.1) is 0 Å². The van der Waals surface area contributed by atoms with Gasteiger partial charge in [-0.3, -0.25) is 0 Å². The van der Waals surface area contributed by atoms with Gasteiger partial charge in [-0.2, -0.15) is 0 Å². The van der Waals surface area contributed by atoms with E-state index in [-0.39, 0.29) is 0 Å². The molecule has 0 fully saturated rings. The van der Waals surface area contributed by atoms with Crippen molar-refractivity contribution in [1.82, 2.24) is 4.98 Å². The predicted molar refractivity (Wildman–Crippen MR) is 101 cm³/mol. The summed E-state index contributed by atoms with van der Waals surface area (Å²) < 4.78 is 1.08. The average molecular weight is 388 g/mol. The lowest BCUT2D eigenvalue weighted by atomic mass is 10.0. The molecule has 110 valence electrons. The first kappa shape index (κ1) is 15.5. The van der Waals surface area contributed by atoms with Gasteiger partial charge in [0, 0.05) is 26.5 Å². The van der Waals surface area contributed by atoms with E-state index in [1.165, 1.54) is 10.5 Å². The van der Waals surface area contributed by atoms with E-state index in [2.05, 4.69) is 69.6 Å². The molecule has 1 heterocycles. The van der Waals surface area contributed by atoms with Crippen LogP contribution in [0.15, 0.2) is 69.5 Å². The third-order valence-electron chi connectivity index (χ3n) is 3.22. The van der Waals surface area contributed by atoms with E-state index >= 15 is 0 Å². The molecule has 0 amide bonds. The number of aromatic nitrogens is 1. The van der Waals surface area contributed by atoms with E-state index in [9.17, 15) is 0 Å². The van der Waals surface area contributed by atoms with Gasteiger partial charge in [0.25, 0.3) is 0 Å². The Hall–Kier alpha value is -1.36. The molecule has 0 aliphatic rings. The molecule has 3 aromatic rings. The summed E-state index contributed by atoms with van der Waals surface area (Å²) in [7, 11) is 0. The standard InChI is InChI=1S/C18H14BrNS2/c1-21-16-7-5-14(6-8-16)17(18-20-9-10-22-18)12-13-3-2-4-15(19)11-13/h2-12H,1H3. The molecule has 0 N–H and O–H groups in total. The second-order valence-corrected chi connectivity index (χ2v) is 7.37. The molecule has 0 saturated carbocycles. The van der Waals surface area contributed by atoms with Crippen LogP contribution in [0.5, 0.6) is 0 Å². The fourth-order valence-corrected chi connectivity index (χ4v) is 3.66. The van der Waals surface area contributed by atoms with E-state index in [1.807, 2.05) is 23.7 Å². The molecule has 0 spiro atoms. The molecule has 0 radical (unpaired) electrons. The molecule has 0 bridgehead atoms. The van der Waals surface area contributed by atoms with Crippen LogP contribution in [0.1, 0.15) is 16.1 Å². The highest BCUT2D eigenvalue weighted by atomic mass is 79.9. The first-order valence-corrected chi connectivity index (χ1v) is 9.67. The molecule has 0 aliphatic carbocycles. The molecule has 0 unspecified atom stereocenters. The number of benzene rings is 2. The van der Waals surface area contributed by atoms with E-state index in [4.69, 9.17) is 0 Å². The number of halogens is 1. The summed E-state index contributed by atoms with van der Waals surface area (Å²) in [5.41, 5.74) is 3.50. The summed E-state index contributed by atoms with van der Waals surface area (Å²) in [4.78, 5) is 5.76. The summed E-state index contributed by atoms with van der Waals surface area (Å²) in [5.74, 6) is 0. The number of nitrogens with zero attached hydrogens (tertiary/aromatic N) is 1. The molecular formula is C18H14BrNS2. The first-order valence-electron chi connectivity index (χ1n) is 6.78. The van der Waals surface area contributed by atoms with E-state index in [0.29, 0.717) is 0 Å². The van der Waals surface area contributed by atoms with Gasteiger partial charge in [0.1, 0.15) is 5.01 Å². The zero-order valence-electron chi connectivity index (χ0n) is 12.0. The summed E-state index contributed by atoms with van der Waals surface area (Å²) in [6.07, 6.45) is 6.14. The summed E-state index contributed by atoms with van der Waals surface area (Å²) in [6.45, 7) is 0. The minimum Gasteiger partial charge on any atom is -0.245 e. The molecule has 1 nitrogen and oxygen atoms in total. The van der Waals surface area contributed by atoms with Crippen molar-refractivity contribution < 1.29 is 0 Å². The van der Waals surface area contributed by atoms with Gasteiger partial charge in [0.05, 0.1) is 0 Å². The Balaban J connectivity index is 2.07. The van der Waals surface area contributed by atoms with E-state index in [0.717, 1.165) is 20.6 Å². The topological polar surface area (TPSA) is 12.9 Å². The van der Waals surface area contributed by atoms with E-state index < -0.39 is 0 Å². The Morgan fingerprint density at radius 3 is 2.64 bits per heavy atom. The van der Waals surface area contributed by atoms with Crippen LogP contribution in [0.25, 0.3) is 11.6 Å². The van der Waals surface area contributed by atoms with Crippen LogP contribution < -0.4 is 0 Å². The quantitative estimate of drug-likeness (QED) is 0.389. The van der Waals surface area contributed by atoms with Gasteiger partial charge in [-0.05, 0) is 47.7 Å². The Bertz CT molecular complexity index is 777. The fraction of sp³-hybridized carbons (Fsp3) is 0.0556. The maximum absolute atomic E-state index is 4.49. The van der Waals surface area contributed by atoms with Crippen molar-refractivity contribution in [2.24, 2.45) is 0 Å². The second-order valence-electron chi connectivity index (χ2n) is 4.68. The lowest BCUT2D eigenvalue weighted by molar-refractivity contribution is 1.36. The molecule has 22 heavy (non-hydrogen) atoms. The molecule has 2 aromatic carbocycles. The number of rotatable bonds is 4. The summed E-state index contributed by atoms with van der Waals surface area (Å²) in [5, 5.41) is 3.05. The normalized spacial score (nSPS) is 11.6. The van der Waals surface area contributed by atoms with Crippen LogP contribution >= 0.6 is 39.0 Å². The van der Waals surface area contributed by atoms with Crippen molar-refractivity contribution >= 4 is 50.7 Å². The van der Waals surface area contributed by atoms with Gasteiger partial charge >= 0.3 is 0 Å². The third kappa shape index (κ3) is 3.69. The zero-order chi connectivity index (χ0) is 15.4. The number of thioether (sulfide) groups is 1. The Morgan fingerprint density at radius 2 is 2.00 bits per heavy atom. The third-order valence-corrected chi connectivity index (χ3v) is 5.27. The molecule has 0 saturated heterocycles. The van der Waals surface area contributed by atoms with Crippen molar-refractivity contribution in [3.63, 3.8) is 0 Å². The molecule has 4 heteroatoms. The molecule has 3 rings (SSSR count). The summed E-state index contributed by atoms with van der Waals surface area (Å²) in [6, 6.07) is 16.9. The number of hydrogen-bond donors (Lipinski definition) is 0. The van der Waals surface area contributed by atoms with Crippen molar-refractivity contribution in [2.45, 2.75) is 4.90 Å². The monoisotopic (exact) mass is 387 g/mol. The average Bonchev–Trinajstić information content (AvgIpc) is 3.07. The zero-order valence-corrected chi connectivity index (χ0v) is 15.2. The van der Waals surface area contributed by atoms with Gasteiger partial charge in [0.2, 0.25) is 0 Å². The maximum atomic E-state index is 4.49. The number of thiazole rings is 1. The van der Waals surface area contributed by atoms with Gasteiger partial charge in [0.15, 0.2) is 0 Å². The lowest BCUT2D eigenvalue weighted by Crippen LogP contribution is -1.88. The van der Waals surface area contributed by atoms with Crippen LogP contribution in [0.3, 0.4) is 0 Å². The Kier molecular flexibility index (Phi) is 5.13. The SMILES string of the molecule is CSc1ccc(C(=Cc2cccc(Br)c2)c2nccs2)cc1. The highest BCUT2D eigenvalue weighted by molar-refractivity contribution is 9.10. The fourth-order valence-electron chi connectivity index (χ4n) is 2.16. The largest absolute Gasteiger partial charge is 0.245 e. The first-order chi connectivity index (χ1) is 10.8. The highest BCUT2D eigenvalue weighted by Gasteiger charge is 2.08. The molecule has 1 aromatic heterocycles. The predicted octanol–water partition coefficient (Wildman–Crippen LogP) is 6.22. The van der Waals surface area contributed by atoms with Gasteiger partial charge in [-0.25, -0.2) is 4.98 Å². The second kappa shape index (κ2) is 7.27. The van der Waals surface area contributed by atoms with Gasteiger partial charge in [-0.15, -0.1) is 23.1 Å². The van der Waals surface area contributed by atoms with Crippen molar-refractivity contribution in [1.29, 1.82) is 0 Å². The van der Waals surface area contributed by atoms with Crippen molar-refractivity contribution in [2.75, 3.05) is 6.26 Å². The van der Waals surface area contributed by atoms with Gasteiger partial charge < -0.3 is 0 Å². The van der Waals surface area contributed by atoms with Crippen LogP contribution in [-0.4, -0.2) is 11.2 Å². The lowest BCUT2D eigenvalue weighted by Gasteiger charge is -2.07. The highest BCUT2D eigenvalue weighted by Crippen LogP contribution is 2.29. The van der Waals surface area contributed by atoms with Crippen LogP contribution in [-0.2, 0) is 0 Å². The molecular weight excluding hydrogens is 374 g/mol. The summed E-state index contributed by atoms with van der Waals surface area (Å²) >= 11 is 6.95. The Labute approximate surface area is 147 Å². The minimum atomic E-state index is 1.04. The molecule has 0 atom stereocenters. The molecule has 0 aliphatic heterocycles. The maximum Gasteiger partial charge on any atom is 0.123 e. The minimum absolute atomic E-state index is 1.04. The van der Waals surface area contributed by atoms with Crippen LogP contribution in [0.4, 0.5) is 0 Å². The Morgan fingerprint density at radius 1 is 1.18 bits per heavy atom. The van der Waals surface area contributed by atoms with Crippen molar-refractivity contribution in [3.8, 4) is 0 Å². The van der Waals surface area contributed by atoms with Crippen LogP contribution in [0.2, 0.25) is 0 Å². The van der Waals surface area contributed by atoms with Gasteiger partial charge in [-0.1, -0.05) is 40.2 Å². The van der Waals surface area contributed by atoms with E-state index in [1.54, 1.807) is 23.1 Å². The number of hydrogen-bond acceptors (Lipinski definition) is 3. The van der Waals surface area contributed by atoms with Crippen molar-refractivity contribution in [3.05, 3.63) is 80.7 Å².